The van der Waals surface area contributed by atoms with E-state index >= 15 is 0 Å². The number of carbonyl (C=O) groups is 1. The van der Waals surface area contributed by atoms with Gasteiger partial charge in [-0.3, -0.25) is 0 Å². The van der Waals surface area contributed by atoms with Gasteiger partial charge in [0.25, 0.3) is 0 Å². The zero-order valence-electron chi connectivity index (χ0n) is 11.5. The summed E-state index contributed by atoms with van der Waals surface area (Å²) in [5.74, 6) is -0.437. The maximum absolute atomic E-state index is 12.2. The van der Waals surface area contributed by atoms with Crippen molar-refractivity contribution in [1.82, 2.24) is 4.57 Å². The van der Waals surface area contributed by atoms with Crippen molar-refractivity contribution in [2.24, 2.45) is 7.05 Å². The minimum Gasteiger partial charge on any atom is -0.461 e. The highest BCUT2D eigenvalue weighted by atomic mass is 79.9. The van der Waals surface area contributed by atoms with E-state index in [-0.39, 0.29) is 6.61 Å². The molecule has 0 amide bonds. The molecule has 1 aromatic heterocycles. The third-order valence-electron chi connectivity index (χ3n) is 3.01. The normalized spacial score (nSPS) is 10.2. The monoisotopic (exact) mass is 410 g/mol. The molecule has 1 aromatic carbocycles. The van der Waals surface area contributed by atoms with E-state index in [2.05, 4.69) is 36.7 Å². The van der Waals surface area contributed by atoms with E-state index in [1.54, 1.807) is 18.5 Å². The van der Waals surface area contributed by atoms with E-state index in [0.717, 1.165) is 10.0 Å². The fourth-order valence-electron chi connectivity index (χ4n) is 2.07. The summed E-state index contributed by atoms with van der Waals surface area (Å²) in [6.45, 7) is 9.43. The van der Waals surface area contributed by atoms with Crippen LogP contribution in [-0.2, 0) is 11.8 Å². The second-order valence-electron chi connectivity index (χ2n) is 4.26. The molecule has 108 valence electrons. The molecule has 0 radical (unpaired) electrons. The summed E-state index contributed by atoms with van der Waals surface area (Å²) < 4.78 is 8.26. The Balaban J connectivity index is 2.73. The van der Waals surface area contributed by atoms with Gasteiger partial charge in [-0.1, -0.05) is 28.1 Å². The molecule has 2 aromatic rings. The van der Waals surface area contributed by atoms with Crippen molar-refractivity contribution in [2.45, 2.75) is 6.92 Å². The Morgan fingerprint density at radius 2 is 1.95 bits per heavy atom. The minimum atomic E-state index is -0.437. The Morgan fingerprint density at radius 3 is 2.48 bits per heavy atom. The Labute approximate surface area is 139 Å². The molecule has 0 bridgehead atoms. The van der Waals surface area contributed by atoms with Gasteiger partial charge in [-0.2, -0.15) is 0 Å². The highest BCUT2D eigenvalue weighted by molar-refractivity contribution is 9.10. The largest absolute Gasteiger partial charge is 0.461 e. The van der Waals surface area contributed by atoms with Crippen molar-refractivity contribution in [2.75, 3.05) is 6.61 Å². The lowest BCUT2D eigenvalue weighted by Gasteiger charge is -2.08. The minimum absolute atomic E-state index is 0.286. The van der Waals surface area contributed by atoms with Gasteiger partial charge in [0.15, 0.2) is 0 Å². The first-order valence-electron chi connectivity index (χ1n) is 6.20. The molecule has 0 saturated carbocycles. The maximum Gasteiger partial charge on any atom is 0.354 e. The fourth-order valence-corrected chi connectivity index (χ4v) is 2.80. The second-order valence-corrected chi connectivity index (χ2v) is 5.93. The molecule has 0 unspecified atom stereocenters. The van der Waals surface area contributed by atoms with Gasteiger partial charge in [0, 0.05) is 17.1 Å². The lowest BCUT2D eigenvalue weighted by atomic mass is 10.0. The van der Waals surface area contributed by atoms with Gasteiger partial charge in [-0.05, 0) is 40.5 Å². The first-order chi connectivity index (χ1) is 10.0. The number of ether oxygens (including phenoxy) is 1. The quantitative estimate of drug-likeness (QED) is 0.529. The van der Waals surface area contributed by atoms with Crippen LogP contribution in [0.2, 0.25) is 0 Å². The summed E-state index contributed by atoms with van der Waals surface area (Å²) in [7, 11) is 1.73. The molecule has 0 aliphatic rings. The van der Waals surface area contributed by atoms with E-state index < -0.39 is 5.97 Å². The highest BCUT2D eigenvalue weighted by Crippen LogP contribution is 2.42. The van der Waals surface area contributed by atoms with Crippen molar-refractivity contribution in [3.8, 4) is 11.1 Å². The van der Waals surface area contributed by atoms with Gasteiger partial charge in [0.2, 0.25) is 5.69 Å². The molecule has 0 atom stereocenters. The number of carbonyl (C=O) groups excluding carboxylic acids is 1. The van der Waals surface area contributed by atoms with Gasteiger partial charge < -0.3 is 9.30 Å². The molecular formula is C15H12Br2N2O2. The second kappa shape index (κ2) is 6.46. The molecule has 4 nitrogen and oxygen atoms in total. The average Bonchev–Trinajstić information content (AvgIpc) is 2.72. The van der Waals surface area contributed by atoms with Gasteiger partial charge >= 0.3 is 5.97 Å². The van der Waals surface area contributed by atoms with Crippen LogP contribution in [0.3, 0.4) is 0 Å². The predicted molar refractivity (Wildman–Crippen MR) is 88.5 cm³/mol. The van der Waals surface area contributed by atoms with Crippen LogP contribution >= 0.6 is 31.9 Å². The van der Waals surface area contributed by atoms with Gasteiger partial charge in [0.05, 0.1) is 17.8 Å². The summed E-state index contributed by atoms with van der Waals surface area (Å²) in [5, 5.41) is 0. The number of esters is 1. The van der Waals surface area contributed by atoms with E-state index in [4.69, 9.17) is 11.3 Å². The first-order valence-corrected chi connectivity index (χ1v) is 7.78. The van der Waals surface area contributed by atoms with Gasteiger partial charge in [-0.15, -0.1) is 0 Å². The Morgan fingerprint density at radius 1 is 1.33 bits per heavy atom. The molecule has 2 rings (SSSR count). The van der Waals surface area contributed by atoms with Crippen LogP contribution in [0.5, 0.6) is 0 Å². The average molecular weight is 412 g/mol. The zero-order valence-corrected chi connectivity index (χ0v) is 14.7. The van der Waals surface area contributed by atoms with Crippen LogP contribution in [0.15, 0.2) is 33.3 Å². The summed E-state index contributed by atoms with van der Waals surface area (Å²) in [6.07, 6.45) is 0. The number of aromatic nitrogens is 1. The summed E-state index contributed by atoms with van der Waals surface area (Å²) in [6, 6.07) is 7.48. The number of hydrogen-bond donors (Lipinski definition) is 0. The maximum atomic E-state index is 12.2. The summed E-state index contributed by atoms with van der Waals surface area (Å²) >= 11 is 6.75. The molecule has 0 N–H and O–H groups in total. The van der Waals surface area contributed by atoms with Crippen molar-refractivity contribution < 1.29 is 9.53 Å². The number of rotatable bonds is 3. The van der Waals surface area contributed by atoms with Crippen LogP contribution in [0.1, 0.15) is 17.4 Å². The third kappa shape index (κ3) is 2.89. The number of halogens is 2. The molecule has 0 aliphatic heterocycles. The number of benzene rings is 1. The Hall–Kier alpha value is -1.58. The Kier molecular flexibility index (Phi) is 4.86. The topological polar surface area (TPSA) is 35.6 Å². The van der Waals surface area contributed by atoms with Crippen LogP contribution in [0, 0.1) is 6.57 Å². The van der Waals surface area contributed by atoms with E-state index in [1.807, 2.05) is 24.3 Å². The van der Waals surface area contributed by atoms with Crippen molar-refractivity contribution in [1.29, 1.82) is 0 Å². The molecule has 0 saturated heterocycles. The predicted octanol–water partition coefficient (Wildman–Crippen LogP) is 4.94. The summed E-state index contributed by atoms with van der Waals surface area (Å²) in [5.41, 5.74) is 2.17. The molecule has 6 heteroatoms. The lowest BCUT2D eigenvalue weighted by Crippen LogP contribution is -2.11. The molecule has 0 spiro atoms. The molecule has 21 heavy (non-hydrogen) atoms. The van der Waals surface area contributed by atoms with E-state index in [0.29, 0.717) is 21.5 Å². The fraction of sp³-hybridized carbons (Fsp3) is 0.200. The van der Waals surface area contributed by atoms with Crippen LogP contribution in [-0.4, -0.2) is 17.1 Å². The standard InChI is InChI=1S/C15H12Br2N2O2/c1-4-21-15(20)13-11(9-5-7-10(16)8-6-9)12(18-2)14(17)19(13)3/h5-8H,4H2,1,3H3. The van der Waals surface area contributed by atoms with Crippen LogP contribution in [0.25, 0.3) is 16.0 Å². The van der Waals surface area contributed by atoms with Crippen molar-refractivity contribution in [3.05, 3.63) is 50.5 Å². The molecular weight excluding hydrogens is 400 g/mol. The zero-order chi connectivity index (χ0) is 15.6. The number of hydrogen-bond acceptors (Lipinski definition) is 2. The number of nitrogens with zero attached hydrogens (tertiary/aromatic N) is 2. The van der Waals surface area contributed by atoms with Crippen LogP contribution in [0.4, 0.5) is 5.69 Å². The smallest absolute Gasteiger partial charge is 0.354 e. The van der Waals surface area contributed by atoms with E-state index in [1.165, 1.54) is 0 Å². The molecule has 1 heterocycles. The highest BCUT2D eigenvalue weighted by Gasteiger charge is 2.26. The van der Waals surface area contributed by atoms with Crippen molar-refractivity contribution in [3.63, 3.8) is 0 Å². The van der Waals surface area contributed by atoms with Crippen molar-refractivity contribution >= 4 is 43.5 Å². The molecule has 0 fully saturated rings. The van der Waals surface area contributed by atoms with E-state index in [9.17, 15) is 4.79 Å². The SMILES string of the molecule is [C-]#[N+]c1c(-c2ccc(Br)cc2)c(C(=O)OCC)n(C)c1Br. The van der Waals surface area contributed by atoms with Crippen LogP contribution < -0.4 is 0 Å². The Bertz CT molecular complexity index is 728. The summed E-state index contributed by atoms with van der Waals surface area (Å²) in [4.78, 5) is 15.8. The van der Waals surface area contributed by atoms with Gasteiger partial charge in [-0.25, -0.2) is 9.64 Å². The third-order valence-corrected chi connectivity index (χ3v) is 4.45. The van der Waals surface area contributed by atoms with Gasteiger partial charge in [0.1, 0.15) is 5.69 Å². The molecule has 0 aliphatic carbocycles. The lowest BCUT2D eigenvalue weighted by molar-refractivity contribution is 0.0516. The first kappa shape index (κ1) is 15.8.